The van der Waals surface area contributed by atoms with E-state index in [0.717, 1.165) is 11.4 Å². The van der Waals surface area contributed by atoms with Crippen LogP contribution in [0.25, 0.3) is 0 Å². The highest BCUT2D eigenvalue weighted by Gasteiger charge is 2.06. The van der Waals surface area contributed by atoms with Crippen molar-refractivity contribution in [2.24, 2.45) is 0 Å². The van der Waals surface area contributed by atoms with Crippen LogP contribution in [0, 0.1) is 0 Å². The van der Waals surface area contributed by atoms with Crippen LogP contribution in [0.4, 0.5) is 5.69 Å². The fourth-order valence-corrected chi connectivity index (χ4v) is 1.65. The fourth-order valence-electron chi connectivity index (χ4n) is 1.65. The molecule has 0 saturated carbocycles. The van der Waals surface area contributed by atoms with Gasteiger partial charge < -0.3 is 20.1 Å². The van der Waals surface area contributed by atoms with E-state index in [9.17, 15) is 5.11 Å². The van der Waals surface area contributed by atoms with Crippen molar-refractivity contribution in [1.29, 1.82) is 0 Å². The van der Waals surface area contributed by atoms with Gasteiger partial charge in [0.25, 0.3) is 0 Å². The molecular weight excluding hydrogens is 228 g/mol. The molecule has 1 unspecified atom stereocenters. The number of rotatable bonds is 7. The van der Waals surface area contributed by atoms with Crippen molar-refractivity contribution in [1.82, 2.24) is 4.90 Å². The first-order valence-electron chi connectivity index (χ1n) is 6.29. The lowest BCUT2D eigenvalue weighted by molar-refractivity contribution is 0.0831. The average molecular weight is 252 g/mol. The Labute approximate surface area is 110 Å². The number of aliphatic hydroxyl groups excluding tert-OH is 1. The van der Waals surface area contributed by atoms with Crippen LogP contribution in [0.3, 0.4) is 0 Å². The normalized spacial score (nSPS) is 12.8. The molecule has 102 valence electrons. The third kappa shape index (κ3) is 5.89. The molecule has 0 aliphatic rings. The zero-order valence-electron chi connectivity index (χ0n) is 11.7. The number of hydrogen-bond donors (Lipinski definition) is 2. The van der Waals surface area contributed by atoms with E-state index < -0.39 is 6.10 Å². The summed E-state index contributed by atoms with van der Waals surface area (Å²) in [6.45, 7) is 5.12. The minimum Gasteiger partial charge on any atom is -0.491 e. The number of aliphatic hydroxyl groups is 1. The van der Waals surface area contributed by atoms with E-state index in [1.54, 1.807) is 0 Å². The molecule has 0 radical (unpaired) electrons. The average Bonchev–Trinajstić information content (AvgIpc) is 2.26. The first kappa shape index (κ1) is 14.8. The van der Waals surface area contributed by atoms with Crippen molar-refractivity contribution in [3.63, 3.8) is 0 Å². The first-order valence-corrected chi connectivity index (χ1v) is 6.29. The summed E-state index contributed by atoms with van der Waals surface area (Å²) >= 11 is 0. The van der Waals surface area contributed by atoms with Gasteiger partial charge in [0.15, 0.2) is 0 Å². The lowest BCUT2D eigenvalue weighted by Gasteiger charge is -2.17. The van der Waals surface area contributed by atoms with E-state index in [1.165, 1.54) is 0 Å². The quantitative estimate of drug-likeness (QED) is 0.777. The topological polar surface area (TPSA) is 44.7 Å². The van der Waals surface area contributed by atoms with Gasteiger partial charge >= 0.3 is 0 Å². The second-order valence-corrected chi connectivity index (χ2v) is 5.05. The third-order valence-electron chi connectivity index (χ3n) is 2.33. The van der Waals surface area contributed by atoms with Gasteiger partial charge in [0.2, 0.25) is 0 Å². The van der Waals surface area contributed by atoms with Crippen LogP contribution in [-0.4, -0.2) is 49.4 Å². The van der Waals surface area contributed by atoms with E-state index in [-0.39, 0.29) is 0 Å². The Kier molecular flexibility index (Phi) is 5.95. The summed E-state index contributed by atoms with van der Waals surface area (Å²) < 4.78 is 5.52. The van der Waals surface area contributed by atoms with Gasteiger partial charge in [-0.2, -0.15) is 0 Å². The number of ether oxygens (including phenoxy) is 1. The van der Waals surface area contributed by atoms with Crippen LogP contribution < -0.4 is 10.1 Å². The molecule has 0 heterocycles. The highest BCUT2D eigenvalue weighted by Crippen LogP contribution is 2.16. The van der Waals surface area contributed by atoms with E-state index in [4.69, 9.17) is 4.74 Å². The molecule has 0 bridgehead atoms. The Bertz CT molecular complexity index is 336. The highest BCUT2D eigenvalue weighted by molar-refractivity contribution is 5.46. The summed E-state index contributed by atoms with van der Waals surface area (Å²) in [6.07, 6.45) is -0.464. The number of benzene rings is 1. The Morgan fingerprint density at radius 1 is 1.22 bits per heavy atom. The predicted molar refractivity (Wildman–Crippen MR) is 75.3 cm³/mol. The molecule has 1 rings (SSSR count). The Morgan fingerprint density at radius 3 is 2.33 bits per heavy atom. The molecule has 18 heavy (non-hydrogen) atoms. The van der Waals surface area contributed by atoms with Gasteiger partial charge in [0.1, 0.15) is 18.5 Å². The van der Waals surface area contributed by atoms with Crippen LogP contribution in [-0.2, 0) is 0 Å². The minimum absolute atomic E-state index is 0.315. The maximum atomic E-state index is 9.68. The summed E-state index contributed by atoms with van der Waals surface area (Å²) in [6, 6.07) is 8.19. The van der Waals surface area contributed by atoms with Gasteiger partial charge in [-0.1, -0.05) is 0 Å². The van der Waals surface area contributed by atoms with E-state index >= 15 is 0 Å². The number of nitrogens with zero attached hydrogens (tertiary/aromatic N) is 1. The molecule has 2 N–H and O–H groups in total. The van der Waals surface area contributed by atoms with E-state index in [0.29, 0.717) is 19.2 Å². The van der Waals surface area contributed by atoms with Gasteiger partial charge in [-0.3, -0.25) is 0 Å². The summed E-state index contributed by atoms with van der Waals surface area (Å²) in [5.41, 5.74) is 1.08. The minimum atomic E-state index is -0.464. The van der Waals surface area contributed by atoms with Gasteiger partial charge in [-0.05, 0) is 52.2 Å². The second-order valence-electron chi connectivity index (χ2n) is 5.05. The van der Waals surface area contributed by atoms with Crippen LogP contribution in [0.5, 0.6) is 5.75 Å². The highest BCUT2D eigenvalue weighted by atomic mass is 16.5. The number of hydrogen-bond acceptors (Lipinski definition) is 4. The van der Waals surface area contributed by atoms with Crippen molar-refractivity contribution in [2.45, 2.75) is 26.0 Å². The lowest BCUT2D eigenvalue weighted by Crippen LogP contribution is -2.30. The Hall–Kier alpha value is -1.26. The standard InChI is InChI=1S/C14H24N2O2/c1-11(2)15-12-5-7-14(8-6-12)18-10-13(17)9-16(3)4/h5-8,11,13,15,17H,9-10H2,1-4H3. The van der Waals surface area contributed by atoms with Gasteiger partial charge in [-0.25, -0.2) is 0 Å². The molecule has 0 aliphatic heterocycles. The third-order valence-corrected chi connectivity index (χ3v) is 2.33. The second kappa shape index (κ2) is 7.24. The maximum absolute atomic E-state index is 9.68. The van der Waals surface area contributed by atoms with Crippen molar-refractivity contribution in [3.8, 4) is 5.75 Å². The number of likely N-dealkylation sites (N-methyl/N-ethyl adjacent to an activating group) is 1. The van der Waals surface area contributed by atoms with Crippen molar-refractivity contribution in [2.75, 3.05) is 32.6 Å². The van der Waals surface area contributed by atoms with Crippen LogP contribution in [0.15, 0.2) is 24.3 Å². The van der Waals surface area contributed by atoms with Crippen LogP contribution in [0.2, 0.25) is 0 Å². The molecule has 4 nitrogen and oxygen atoms in total. The Morgan fingerprint density at radius 2 is 1.83 bits per heavy atom. The van der Waals surface area contributed by atoms with Crippen molar-refractivity contribution >= 4 is 5.69 Å². The number of anilines is 1. The van der Waals surface area contributed by atoms with Crippen molar-refractivity contribution in [3.05, 3.63) is 24.3 Å². The smallest absolute Gasteiger partial charge is 0.119 e. The predicted octanol–water partition coefficient (Wildman–Crippen LogP) is 1.81. The number of nitrogens with one attached hydrogen (secondary N) is 1. The zero-order chi connectivity index (χ0) is 13.5. The molecular formula is C14H24N2O2. The summed E-state index contributed by atoms with van der Waals surface area (Å²) in [4.78, 5) is 1.93. The maximum Gasteiger partial charge on any atom is 0.119 e. The van der Waals surface area contributed by atoms with E-state index in [1.807, 2.05) is 43.3 Å². The molecule has 4 heteroatoms. The van der Waals surface area contributed by atoms with E-state index in [2.05, 4.69) is 19.2 Å². The van der Waals surface area contributed by atoms with Crippen LogP contribution >= 0.6 is 0 Å². The van der Waals surface area contributed by atoms with Gasteiger partial charge in [0.05, 0.1) is 0 Å². The molecule has 0 spiro atoms. The summed E-state index contributed by atoms with van der Waals surface area (Å²) in [5, 5.41) is 13.0. The fraction of sp³-hybridized carbons (Fsp3) is 0.571. The molecule has 0 amide bonds. The first-order chi connectivity index (χ1) is 8.47. The molecule has 0 aromatic heterocycles. The van der Waals surface area contributed by atoms with Gasteiger partial charge in [-0.15, -0.1) is 0 Å². The molecule has 1 aromatic rings. The summed E-state index contributed by atoms with van der Waals surface area (Å²) in [5.74, 6) is 0.780. The monoisotopic (exact) mass is 252 g/mol. The Balaban J connectivity index is 2.39. The molecule has 0 fully saturated rings. The molecule has 1 aromatic carbocycles. The van der Waals surface area contributed by atoms with Gasteiger partial charge in [0, 0.05) is 18.3 Å². The molecule has 0 aliphatic carbocycles. The molecule has 1 atom stereocenters. The SMILES string of the molecule is CC(C)Nc1ccc(OCC(O)CN(C)C)cc1. The largest absolute Gasteiger partial charge is 0.491 e. The van der Waals surface area contributed by atoms with Crippen molar-refractivity contribution < 1.29 is 9.84 Å². The zero-order valence-corrected chi connectivity index (χ0v) is 11.7. The molecule has 0 saturated heterocycles. The lowest BCUT2D eigenvalue weighted by atomic mass is 10.2. The van der Waals surface area contributed by atoms with Crippen LogP contribution in [0.1, 0.15) is 13.8 Å². The summed E-state index contributed by atoms with van der Waals surface area (Å²) in [7, 11) is 3.85.